The lowest BCUT2D eigenvalue weighted by atomic mass is 10.3. The van der Waals surface area contributed by atoms with Crippen molar-refractivity contribution in [2.24, 2.45) is 0 Å². The molecule has 0 aliphatic carbocycles. The number of aliphatic hydroxyl groups is 1. The van der Waals surface area contributed by atoms with Crippen LogP contribution in [0.15, 0.2) is 35.2 Å². The van der Waals surface area contributed by atoms with Crippen LogP contribution in [0.3, 0.4) is 0 Å². The Balaban J connectivity index is 2.29. The molecule has 94 valence electrons. The van der Waals surface area contributed by atoms with Crippen molar-refractivity contribution in [2.75, 3.05) is 19.4 Å². The predicted molar refractivity (Wildman–Crippen MR) is 71.1 cm³/mol. The molecule has 3 nitrogen and oxygen atoms in total. The van der Waals surface area contributed by atoms with E-state index in [0.29, 0.717) is 6.42 Å². The Kier molecular flexibility index (Phi) is 6.08. The normalized spacial score (nSPS) is 12.2. The Morgan fingerprint density at radius 1 is 1.41 bits per heavy atom. The average molecular weight is 253 g/mol. The fourth-order valence-corrected chi connectivity index (χ4v) is 2.18. The second-order valence-electron chi connectivity index (χ2n) is 3.95. The highest BCUT2D eigenvalue weighted by Crippen LogP contribution is 2.18. The van der Waals surface area contributed by atoms with Crippen LogP contribution in [0.2, 0.25) is 0 Å². The Hall–Kier alpha value is -1.00. The second kappa shape index (κ2) is 7.35. The first-order valence-electron chi connectivity index (χ1n) is 5.69. The minimum atomic E-state index is -0.107. The van der Waals surface area contributed by atoms with Crippen LogP contribution in [0.5, 0.6) is 0 Å². The van der Waals surface area contributed by atoms with Crippen molar-refractivity contribution in [1.82, 2.24) is 4.90 Å². The molecule has 1 aromatic carbocycles. The standard InChI is InChI=1S/C13H19NO2S/c1-11(10-15)14(2)13(16)8-9-17-12-6-4-3-5-7-12/h3-7,11,15H,8-10H2,1-2H3. The third kappa shape index (κ3) is 4.79. The lowest BCUT2D eigenvalue weighted by molar-refractivity contribution is -0.131. The van der Waals surface area contributed by atoms with E-state index in [-0.39, 0.29) is 18.6 Å². The number of carbonyl (C=O) groups is 1. The summed E-state index contributed by atoms with van der Waals surface area (Å²) in [5.74, 6) is 0.848. The van der Waals surface area contributed by atoms with Gasteiger partial charge in [0.05, 0.1) is 12.6 Å². The van der Waals surface area contributed by atoms with Gasteiger partial charge in [0.1, 0.15) is 0 Å². The molecule has 1 rings (SSSR count). The number of thioether (sulfide) groups is 1. The van der Waals surface area contributed by atoms with Crippen molar-refractivity contribution in [1.29, 1.82) is 0 Å². The molecule has 0 bridgehead atoms. The molecule has 1 aromatic rings. The average Bonchev–Trinajstić information content (AvgIpc) is 2.38. The summed E-state index contributed by atoms with van der Waals surface area (Å²) >= 11 is 1.68. The molecule has 0 fully saturated rings. The Morgan fingerprint density at radius 3 is 2.65 bits per heavy atom. The fourth-order valence-electron chi connectivity index (χ4n) is 1.32. The molecule has 0 saturated carbocycles. The maximum Gasteiger partial charge on any atom is 0.223 e. The number of carbonyl (C=O) groups excluding carboxylic acids is 1. The van der Waals surface area contributed by atoms with Crippen LogP contribution < -0.4 is 0 Å². The molecule has 0 aliphatic heterocycles. The van der Waals surface area contributed by atoms with Gasteiger partial charge in [-0.15, -0.1) is 11.8 Å². The van der Waals surface area contributed by atoms with Gasteiger partial charge in [-0.25, -0.2) is 0 Å². The molecule has 1 N–H and O–H groups in total. The van der Waals surface area contributed by atoms with Crippen molar-refractivity contribution < 1.29 is 9.90 Å². The minimum Gasteiger partial charge on any atom is -0.394 e. The topological polar surface area (TPSA) is 40.5 Å². The van der Waals surface area contributed by atoms with Gasteiger partial charge >= 0.3 is 0 Å². The molecule has 0 aliphatic rings. The second-order valence-corrected chi connectivity index (χ2v) is 5.12. The number of rotatable bonds is 6. The minimum absolute atomic E-state index is 0.00800. The van der Waals surface area contributed by atoms with E-state index < -0.39 is 0 Å². The Morgan fingerprint density at radius 2 is 2.06 bits per heavy atom. The zero-order valence-corrected chi connectivity index (χ0v) is 11.1. The summed E-state index contributed by atoms with van der Waals surface area (Å²) in [4.78, 5) is 14.5. The van der Waals surface area contributed by atoms with Gasteiger partial charge in [0.2, 0.25) is 5.91 Å². The number of hydrogen-bond acceptors (Lipinski definition) is 3. The smallest absolute Gasteiger partial charge is 0.223 e. The van der Waals surface area contributed by atoms with E-state index in [2.05, 4.69) is 0 Å². The quantitative estimate of drug-likeness (QED) is 0.788. The van der Waals surface area contributed by atoms with Crippen molar-refractivity contribution in [3.8, 4) is 0 Å². The summed E-state index contributed by atoms with van der Waals surface area (Å²) < 4.78 is 0. The number of nitrogens with zero attached hydrogens (tertiary/aromatic N) is 1. The van der Waals surface area contributed by atoms with Gasteiger partial charge in [0, 0.05) is 24.1 Å². The van der Waals surface area contributed by atoms with Crippen LogP contribution in [0.25, 0.3) is 0 Å². The van der Waals surface area contributed by atoms with Gasteiger partial charge in [0.15, 0.2) is 0 Å². The van der Waals surface area contributed by atoms with Crippen LogP contribution in [-0.4, -0.2) is 41.4 Å². The van der Waals surface area contributed by atoms with Gasteiger partial charge < -0.3 is 10.0 Å². The van der Waals surface area contributed by atoms with Crippen LogP contribution in [0.4, 0.5) is 0 Å². The molecular formula is C13H19NO2S. The molecule has 17 heavy (non-hydrogen) atoms. The monoisotopic (exact) mass is 253 g/mol. The predicted octanol–water partition coefficient (Wildman–Crippen LogP) is 2.01. The molecule has 0 radical (unpaired) electrons. The van der Waals surface area contributed by atoms with Gasteiger partial charge in [-0.05, 0) is 19.1 Å². The largest absolute Gasteiger partial charge is 0.394 e. The highest BCUT2D eigenvalue weighted by Gasteiger charge is 2.14. The summed E-state index contributed by atoms with van der Waals surface area (Å²) in [5.41, 5.74) is 0. The van der Waals surface area contributed by atoms with E-state index in [1.165, 1.54) is 4.90 Å². The highest BCUT2D eigenvalue weighted by molar-refractivity contribution is 7.99. The van der Waals surface area contributed by atoms with E-state index >= 15 is 0 Å². The molecule has 1 unspecified atom stereocenters. The fraction of sp³-hybridized carbons (Fsp3) is 0.462. The van der Waals surface area contributed by atoms with Gasteiger partial charge in [-0.2, -0.15) is 0 Å². The third-order valence-electron chi connectivity index (χ3n) is 2.65. The summed E-state index contributed by atoms with van der Waals surface area (Å²) in [6, 6.07) is 9.93. The molecule has 0 saturated heterocycles. The lowest BCUT2D eigenvalue weighted by Crippen LogP contribution is -2.37. The Labute approximate surface area is 107 Å². The highest BCUT2D eigenvalue weighted by atomic mass is 32.2. The maximum atomic E-state index is 11.7. The first kappa shape index (κ1) is 14.1. The van der Waals surface area contributed by atoms with E-state index in [1.54, 1.807) is 23.7 Å². The van der Waals surface area contributed by atoms with Gasteiger partial charge in [-0.1, -0.05) is 18.2 Å². The summed E-state index contributed by atoms with van der Waals surface area (Å²) in [6.45, 7) is 1.84. The number of amides is 1. The molecular weight excluding hydrogens is 234 g/mol. The van der Waals surface area contributed by atoms with Crippen molar-refractivity contribution in [3.05, 3.63) is 30.3 Å². The van der Waals surface area contributed by atoms with Crippen molar-refractivity contribution in [2.45, 2.75) is 24.3 Å². The summed E-state index contributed by atoms with van der Waals surface area (Å²) in [6.07, 6.45) is 0.500. The lowest BCUT2D eigenvalue weighted by Gasteiger charge is -2.23. The van der Waals surface area contributed by atoms with Crippen LogP contribution >= 0.6 is 11.8 Å². The van der Waals surface area contributed by atoms with Crippen LogP contribution in [-0.2, 0) is 4.79 Å². The van der Waals surface area contributed by atoms with E-state index in [0.717, 1.165) is 5.75 Å². The number of likely N-dealkylation sites (N-methyl/N-ethyl adjacent to an activating group) is 1. The zero-order valence-electron chi connectivity index (χ0n) is 10.3. The number of aliphatic hydroxyl groups excluding tert-OH is 1. The number of benzene rings is 1. The van der Waals surface area contributed by atoms with Gasteiger partial charge in [-0.3, -0.25) is 4.79 Å². The molecule has 4 heteroatoms. The molecule has 0 heterocycles. The van der Waals surface area contributed by atoms with Crippen LogP contribution in [0, 0.1) is 0 Å². The first-order chi connectivity index (χ1) is 8.15. The van der Waals surface area contributed by atoms with E-state index in [4.69, 9.17) is 5.11 Å². The number of hydrogen-bond donors (Lipinski definition) is 1. The van der Waals surface area contributed by atoms with Crippen LogP contribution in [0.1, 0.15) is 13.3 Å². The van der Waals surface area contributed by atoms with Gasteiger partial charge in [0.25, 0.3) is 0 Å². The van der Waals surface area contributed by atoms with Crippen molar-refractivity contribution >= 4 is 17.7 Å². The molecule has 1 amide bonds. The molecule has 0 aromatic heterocycles. The maximum absolute atomic E-state index is 11.7. The van der Waals surface area contributed by atoms with E-state index in [9.17, 15) is 4.79 Å². The zero-order chi connectivity index (χ0) is 12.7. The molecule has 0 spiro atoms. The summed E-state index contributed by atoms with van der Waals surface area (Å²) in [7, 11) is 1.73. The van der Waals surface area contributed by atoms with Crippen molar-refractivity contribution in [3.63, 3.8) is 0 Å². The Bertz CT molecular complexity index is 343. The first-order valence-corrected chi connectivity index (χ1v) is 6.68. The molecule has 1 atom stereocenters. The summed E-state index contributed by atoms with van der Waals surface area (Å²) in [5, 5.41) is 8.96. The van der Waals surface area contributed by atoms with E-state index in [1.807, 2.05) is 37.3 Å². The third-order valence-corrected chi connectivity index (χ3v) is 3.66. The SMILES string of the molecule is CC(CO)N(C)C(=O)CCSc1ccccc1.